The van der Waals surface area contributed by atoms with Crippen molar-refractivity contribution in [2.45, 2.75) is 61.4 Å². The first-order valence-electron chi connectivity index (χ1n) is 11.9. The molecule has 6 heteroatoms. The quantitative estimate of drug-likeness (QED) is 0.304. The molecule has 33 heavy (non-hydrogen) atoms. The number of aryl methyl sites for hydroxylation is 1. The smallest absolute Gasteiger partial charge is 0.207 e. The number of likely N-dealkylation sites (tertiary alicyclic amines) is 1. The number of hydrogen-bond donors (Lipinski definition) is 2. The molecular formula is C27H31NO5. The van der Waals surface area contributed by atoms with E-state index in [0.717, 1.165) is 37.8 Å². The van der Waals surface area contributed by atoms with Crippen LogP contribution in [-0.2, 0) is 23.0 Å². The van der Waals surface area contributed by atoms with Gasteiger partial charge in [-0.05, 0) is 63.4 Å². The van der Waals surface area contributed by atoms with Crippen LogP contribution in [0.5, 0.6) is 11.5 Å². The van der Waals surface area contributed by atoms with E-state index in [1.807, 2.05) is 25.1 Å². The first-order chi connectivity index (χ1) is 16.0. The van der Waals surface area contributed by atoms with Gasteiger partial charge in [-0.2, -0.15) is 0 Å². The lowest BCUT2D eigenvalue weighted by Crippen LogP contribution is -2.79. The van der Waals surface area contributed by atoms with Gasteiger partial charge in [0, 0.05) is 18.2 Å². The molecule has 1 fully saturated rings. The molecule has 0 saturated carbocycles. The van der Waals surface area contributed by atoms with Crippen LogP contribution in [0.4, 0.5) is 0 Å². The van der Waals surface area contributed by atoms with Gasteiger partial charge in [0.15, 0.2) is 5.75 Å². The van der Waals surface area contributed by atoms with Gasteiger partial charge in [-0.25, -0.2) is 5.26 Å². The average molecular weight is 450 g/mol. The maximum Gasteiger partial charge on any atom is 0.207 e. The van der Waals surface area contributed by atoms with Crippen molar-refractivity contribution in [2.24, 2.45) is 0 Å². The molecule has 0 amide bonds. The Morgan fingerprint density at radius 2 is 2.00 bits per heavy atom. The minimum absolute atomic E-state index is 0.119. The third-order valence-corrected chi connectivity index (χ3v) is 8.73. The predicted octanol–water partition coefficient (Wildman–Crippen LogP) is 3.51. The molecule has 1 spiro atoms. The summed E-state index contributed by atoms with van der Waals surface area (Å²) < 4.78 is 13.5. The van der Waals surface area contributed by atoms with Crippen LogP contribution in [0.3, 0.4) is 0 Å². The lowest BCUT2D eigenvalue weighted by molar-refractivity contribution is -0.211. The fourth-order valence-corrected chi connectivity index (χ4v) is 7.16. The molecule has 2 bridgehead atoms. The summed E-state index contributed by atoms with van der Waals surface area (Å²) in [5.41, 5.74) is 1.38. The lowest BCUT2D eigenvalue weighted by atomic mass is 9.46. The van der Waals surface area contributed by atoms with Crippen LogP contribution in [-0.4, -0.2) is 58.8 Å². The third kappa shape index (κ3) is 2.58. The van der Waals surface area contributed by atoms with Gasteiger partial charge in [-0.1, -0.05) is 48.6 Å². The average Bonchev–Trinajstić information content (AvgIpc) is 3.11. The van der Waals surface area contributed by atoms with Crippen LogP contribution in [0.1, 0.15) is 36.5 Å². The Hall–Kier alpha value is -2.38. The predicted molar refractivity (Wildman–Crippen MR) is 124 cm³/mol. The van der Waals surface area contributed by atoms with Crippen molar-refractivity contribution in [1.29, 1.82) is 0 Å². The molecule has 2 aliphatic carbocycles. The van der Waals surface area contributed by atoms with Crippen molar-refractivity contribution < 1.29 is 24.7 Å². The van der Waals surface area contributed by atoms with Gasteiger partial charge in [0.1, 0.15) is 17.3 Å². The van der Waals surface area contributed by atoms with Gasteiger partial charge in [0.25, 0.3) is 0 Å². The molecule has 2 aliphatic heterocycles. The lowest BCUT2D eigenvalue weighted by Gasteiger charge is -2.65. The normalized spacial score (nSPS) is 35.8. The van der Waals surface area contributed by atoms with Crippen molar-refractivity contribution in [3.63, 3.8) is 0 Å². The summed E-state index contributed by atoms with van der Waals surface area (Å²) >= 11 is 0. The minimum atomic E-state index is -0.924. The molecule has 6 nitrogen and oxygen atoms in total. The van der Waals surface area contributed by atoms with Crippen LogP contribution >= 0.6 is 0 Å². The Morgan fingerprint density at radius 3 is 2.79 bits per heavy atom. The highest BCUT2D eigenvalue weighted by Crippen LogP contribution is 2.68. The first kappa shape index (κ1) is 21.2. The van der Waals surface area contributed by atoms with E-state index in [1.54, 1.807) is 6.07 Å². The Kier molecular flexibility index (Phi) is 4.69. The van der Waals surface area contributed by atoms with Crippen molar-refractivity contribution in [3.8, 4) is 11.5 Å². The summed E-state index contributed by atoms with van der Waals surface area (Å²) in [7, 11) is 2.16. The highest BCUT2D eigenvalue weighted by Gasteiger charge is 2.77. The largest absolute Gasteiger partial charge is 0.479 e. The number of aliphatic hydroxyl groups is 1. The number of hydrogen-bond acceptors (Lipinski definition) is 6. The number of piperidine rings is 1. The van der Waals surface area contributed by atoms with Crippen LogP contribution in [0.15, 0.2) is 54.6 Å². The topological polar surface area (TPSA) is 71.4 Å². The minimum Gasteiger partial charge on any atom is -0.479 e. The van der Waals surface area contributed by atoms with E-state index in [0.29, 0.717) is 18.1 Å². The van der Waals surface area contributed by atoms with E-state index in [1.165, 1.54) is 11.1 Å². The Balaban J connectivity index is 1.45. The standard InChI is InChI=1S/C27H31NO5/c1-25-22(29)12-13-27(31-16-6-9-18-7-4-3-5-8-18)21-17-19-10-11-20(33-30)24(32-25)23(19)26(25,27)14-15-28(21)2/h3-5,7-8,10-13,21-22,29-30H,6,9,14-17H2,1-2H3/t21-,22+,25+,26+,27-/m1/s1. The monoisotopic (exact) mass is 449 g/mol. The molecule has 2 aromatic carbocycles. The number of benzene rings is 2. The molecule has 0 aromatic heterocycles. The van der Waals surface area contributed by atoms with Gasteiger partial charge < -0.3 is 19.5 Å². The van der Waals surface area contributed by atoms with Crippen molar-refractivity contribution in [2.75, 3.05) is 20.2 Å². The van der Waals surface area contributed by atoms with E-state index in [2.05, 4.69) is 42.3 Å². The molecule has 6 rings (SSSR count). The first-order valence-corrected chi connectivity index (χ1v) is 11.9. The molecule has 2 N–H and O–H groups in total. The molecule has 4 aliphatic rings. The zero-order valence-corrected chi connectivity index (χ0v) is 19.2. The maximum absolute atomic E-state index is 11.2. The van der Waals surface area contributed by atoms with E-state index in [-0.39, 0.29) is 6.04 Å². The Bertz CT molecular complexity index is 1100. The molecule has 174 valence electrons. The summed E-state index contributed by atoms with van der Waals surface area (Å²) in [6, 6.07) is 14.4. The number of aliphatic hydroxyl groups excluding tert-OH is 1. The van der Waals surface area contributed by atoms with E-state index < -0.39 is 22.7 Å². The van der Waals surface area contributed by atoms with E-state index in [4.69, 9.17) is 14.4 Å². The molecule has 0 radical (unpaired) electrons. The van der Waals surface area contributed by atoms with Gasteiger partial charge in [0.2, 0.25) is 5.75 Å². The zero-order chi connectivity index (χ0) is 22.8. The third-order valence-electron chi connectivity index (χ3n) is 8.73. The zero-order valence-electron chi connectivity index (χ0n) is 19.2. The van der Waals surface area contributed by atoms with Crippen molar-refractivity contribution in [3.05, 3.63) is 71.3 Å². The SMILES string of the molecule is CN1CC[C@]23c4c5ccc(OO)c4O[C@@]2(C)[C@@H](O)C=C[C@@]3(OCCCc2ccccc2)[C@H]1C5. The van der Waals surface area contributed by atoms with Crippen LogP contribution in [0.25, 0.3) is 0 Å². The van der Waals surface area contributed by atoms with E-state index >= 15 is 0 Å². The summed E-state index contributed by atoms with van der Waals surface area (Å²) in [6.07, 6.45) is 6.61. The Morgan fingerprint density at radius 1 is 1.18 bits per heavy atom. The highest BCUT2D eigenvalue weighted by atomic mass is 17.1. The number of likely N-dealkylation sites (N-methyl/N-ethyl adjacent to an activating group) is 1. The fraction of sp³-hybridized carbons (Fsp3) is 0.481. The van der Waals surface area contributed by atoms with Crippen molar-refractivity contribution in [1.82, 2.24) is 4.90 Å². The van der Waals surface area contributed by atoms with Crippen LogP contribution in [0.2, 0.25) is 0 Å². The van der Waals surface area contributed by atoms with Gasteiger partial charge >= 0.3 is 0 Å². The summed E-state index contributed by atoms with van der Waals surface area (Å²) in [5, 5.41) is 20.8. The fourth-order valence-electron chi connectivity index (χ4n) is 7.16. The summed E-state index contributed by atoms with van der Waals surface area (Å²) in [6.45, 7) is 3.47. The van der Waals surface area contributed by atoms with Gasteiger partial charge in [0.05, 0.1) is 5.41 Å². The van der Waals surface area contributed by atoms with Crippen molar-refractivity contribution >= 4 is 0 Å². The number of nitrogens with zero attached hydrogens (tertiary/aromatic N) is 1. The summed E-state index contributed by atoms with van der Waals surface area (Å²) in [4.78, 5) is 7.11. The molecule has 2 aromatic rings. The maximum atomic E-state index is 11.2. The second kappa shape index (κ2) is 7.31. The molecule has 1 saturated heterocycles. The summed E-state index contributed by atoms with van der Waals surface area (Å²) in [5.74, 6) is 0.835. The highest BCUT2D eigenvalue weighted by molar-refractivity contribution is 5.66. The second-order valence-electron chi connectivity index (χ2n) is 10.1. The molecular weight excluding hydrogens is 418 g/mol. The van der Waals surface area contributed by atoms with Gasteiger partial charge in [-0.3, -0.25) is 4.90 Å². The van der Waals surface area contributed by atoms with Crippen LogP contribution in [0, 0.1) is 0 Å². The van der Waals surface area contributed by atoms with Crippen LogP contribution < -0.4 is 9.62 Å². The molecule has 5 atom stereocenters. The Labute approximate surface area is 194 Å². The van der Waals surface area contributed by atoms with Gasteiger partial charge in [-0.15, -0.1) is 0 Å². The number of ether oxygens (including phenoxy) is 2. The number of rotatable bonds is 6. The van der Waals surface area contributed by atoms with E-state index in [9.17, 15) is 10.4 Å². The molecule has 2 heterocycles. The molecule has 0 unspecified atom stereocenters. The second-order valence-corrected chi connectivity index (χ2v) is 10.1.